The van der Waals surface area contributed by atoms with E-state index in [0.29, 0.717) is 6.54 Å². The third-order valence-electron chi connectivity index (χ3n) is 2.65. The van der Waals surface area contributed by atoms with Crippen LogP contribution in [0.15, 0.2) is 42.7 Å². The zero-order valence-corrected chi connectivity index (χ0v) is 10.4. The maximum Gasteiger partial charge on any atom is 0.385 e. The van der Waals surface area contributed by atoms with Gasteiger partial charge in [-0.2, -0.15) is 0 Å². The van der Waals surface area contributed by atoms with Crippen molar-refractivity contribution in [3.05, 3.63) is 58.4 Å². The molecule has 0 saturated heterocycles. The molecular weight excluding hydrogens is 248 g/mol. The van der Waals surface area contributed by atoms with Crippen LogP contribution in [0, 0.1) is 10.1 Å². The molecule has 1 aliphatic rings. The van der Waals surface area contributed by atoms with Crippen molar-refractivity contribution in [2.45, 2.75) is 19.8 Å². The lowest BCUT2D eigenvalue weighted by Crippen LogP contribution is -2.51. The lowest BCUT2D eigenvalue weighted by atomic mass is 10.2. The largest absolute Gasteiger partial charge is 0.385 e. The summed E-state index contributed by atoms with van der Waals surface area (Å²) in [6, 6.07) is 9.43. The number of hydrogen-bond donors (Lipinski definition) is 1. The summed E-state index contributed by atoms with van der Waals surface area (Å²) >= 11 is 0. The van der Waals surface area contributed by atoms with Gasteiger partial charge >= 0.3 is 6.29 Å². The predicted molar refractivity (Wildman–Crippen MR) is 67.6 cm³/mol. The normalized spacial score (nSPS) is 17.6. The van der Waals surface area contributed by atoms with E-state index in [0.717, 1.165) is 5.56 Å². The summed E-state index contributed by atoms with van der Waals surface area (Å²) in [5.41, 5.74) is 3.37. The minimum absolute atomic E-state index is 0.349. The molecule has 1 N–H and O–H groups in total. The number of carbonyl (C=O) groups is 1. The lowest BCUT2D eigenvalue weighted by molar-refractivity contribution is -0.572. The Balaban J connectivity index is 2.11. The predicted octanol–water partition coefficient (Wildman–Crippen LogP) is 0.887. The summed E-state index contributed by atoms with van der Waals surface area (Å²) in [5.74, 6) is -0.349. The van der Waals surface area contributed by atoms with Crippen molar-refractivity contribution in [3.63, 3.8) is 0 Å². The van der Waals surface area contributed by atoms with E-state index in [1.165, 1.54) is 18.1 Å². The smallest absolute Gasteiger partial charge is 0.291 e. The summed E-state index contributed by atoms with van der Waals surface area (Å²) in [6.07, 6.45) is 1.96. The van der Waals surface area contributed by atoms with E-state index in [2.05, 4.69) is 5.43 Å². The number of hydrazine groups is 1. The van der Waals surface area contributed by atoms with E-state index >= 15 is 0 Å². The number of amides is 1. The molecule has 1 aliphatic heterocycles. The first kappa shape index (κ1) is 12.9. The lowest BCUT2D eigenvalue weighted by Gasteiger charge is -2.25. The van der Waals surface area contributed by atoms with Crippen LogP contribution in [-0.4, -0.2) is 27.0 Å². The number of nitro groups is 1. The van der Waals surface area contributed by atoms with Gasteiger partial charge in [-0.25, -0.2) is 5.01 Å². The van der Waals surface area contributed by atoms with Crippen LogP contribution in [0.2, 0.25) is 0 Å². The number of nitrogens with zero attached hydrogens (tertiary/aromatic N) is 3. The van der Waals surface area contributed by atoms with Gasteiger partial charge in [0.25, 0.3) is 0 Å². The van der Waals surface area contributed by atoms with Gasteiger partial charge in [0.1, 0.15) is 0 Å². The van der Waals surface area contributed by atoms with Crippen LogP contribution >= 0.6 is 0 Å². The van der Waals surface area contributed by atoms with Crippen LogP contribution in [0.5, 0.6) is 0 Å². The Morgan fingerprint density at radius 1 is 1.37 bits per heavy atom. The second kappa shape index (κ2) is 5.38. The topological polar surface area (TPSA) is 78.7 Å². The van der Waals surface area contributed by atoms with Crippen molar-refractivity contribution in [1.82, 2.24) is 15.3 Å². The molecule has 1 heterocycles. The highest BCUT2D eigenvalue weighted by atomic mass is 16.6. The van der Waals surface area contributed by atoms with Crippen molar-refractivity contribution < 1.29 is 9.72 Å². The van der Waals surface area contributed by atoms with Crippen LogP contribution < -0.4 is 5.43 Å². The number of nitrogens with one attached hydrogen (secondary N) is 1. The maximum absolute atomic E-state index is 11.1. The van der Waals surface area contributed by atoms with Gasteiger partial charge in [0.2, 0.25) is 5.91 Å². The van der Waals surface area contributed by atoms with Crippen LogP contribution in [0.4, 0.5) is 0 Å². The fourth-order valence-electron chi connectivity index (χ4n) is 1.90. The molecule has 0 radical (unpaired) electrons. The Labute approximate surface area is 110 Å². The average Bonchev–Trinajstić information content (AvgIpc) is 2.72. The van der Waals surface area contributed by atoms with E-state index in [-0.39, 0.29) is 5.91 Å². The van der Waals surface area contributed by atoms with E-state index < -0.39 is 11.2 Å². The molecule has 7 nitrogen and oxygen atoms in total. The monoisotopic (exact) mass is 262 g/mol. The highest BCUT2D eigenvalue weighted by Crippen LogP contribution is 2.17. The zero-order chi connectivity index (χ0) is 13.8. The van der Waals surface area contributed by atoms with Gasteiger partial charge in [0, 0.05) is 19.3 Å². The first-order chi connectivity index (χ1) is 9.08. The molecule has 7 heteroatoms. The number of hydrogen-bond acceptors (Lipinski definition) is 5. The highest BCUT2D eigenvalue weighted by Gasteiger charge is 2.36. The Bertz CT molecular complexity index is 503. The van der Waals surface area contributed by atoms with Crippen LogP contribution in [0.1, 0.15) is 12.5 Å². The van der Waals surface area contributed by atoms with Gasteiger partial charge in [-0.3, -0.25) is 25.2 Å². The number of carbonyl (C=O) groups excluding carboxylic acids is 1. The molecule has 0 spiro atoms. The molecule has 1 unspecified atom stereocenters. The molecule has 0 aromatic heterocycles. The van der Waals surface area contributed by atoms with E-state index in [1.807, 2.05) is 30.3 Å². The van der Waals surface area contributed by atoms with Crippen LogP contribution in [-0.2, 0) is 11.3 Å². The SMILES string of the molecule is CC(=O)NN1C=CN(Cc2ccccc2)C1[N+](=O)[O-]. The minimum atomic E-state index is -1.12. The van der Waals surface area contributed by atoms with Gasteiger partial charge in [-0.05, 0) is 5.56 Å². The molecule has 100 valence electrons. The van der Waals surface area contributed by atoms with Gasteiger partial charge in [-0.15, -0.1) is 0 Å². The first-order valence-corrected chi connectivity index (χ1v) is 5.75. The first-order valence-electron chi connectivity index (χ1n) is 5.75. The van der Waals surface area contributed by atoms with E-state index in [1.54, 1.807) is 11.1 Å². The Morgan fingerprint density at radius 2 is 2.05 bits per heavy atom. The fraction of sp³-hybridized carbons (Fsp3) is 0.250. The fourth-order valence-corrected chi connectivity index (χ4v) is 1.90. The van der Waals surface area contributed by atoms with Gasteiger partial charge < -0.3 is 0 Å². The molecule has 0 bridgehead atoms. The van der Waals surface area contributed by atoms with Crippen molar-refractivity contribution in [2.24, 2.45) is 0 Å². The summed E-state index contributed by atoms with van der Waals surface area (Å²) in [4.78, 5) is 23.2. The molecule has 1 amide bonds. The van der Waals surface area contributed by atoms with Crippen LogP contribution in [0.25, 0.3) is 0 Å². The third kappa shape index (κ3) is 3.01. The van der Waals surface area contributed by atoms with Crippen LogP contribution in [0.3, 0.4) is 0 Å². The molecule has 1 atom stereocenters. The zero-order valence-electron chi connectivity index (χ0n) is 10.4. The molecule has 0 saturated carbocycles. The van der Waals surface area contributed by atoms with Crippen molar-refractivity contribution in [3.8, 4) is 0 Å². The second-order valence-corrected chi connectivity index (χ2v) is 4.16. The molecule has 0 aliphatic carbocycles. The molecule has 0 fully saturated rings. The molecule has 19 heavy (non-hydrogen) atoms. The molecule has 1 aromatic carbocycles. The molecular formula is C12H14N4O3. The Hall–Kier alpha value is -2.57. The summed E-state index contributed by atoms with van der Waals surface area (Å²) < 4.78 is 0. The second-order valence-electron chi connectivity index (χ2n) is 4.16. The van der Waals surface area contributed by atoms with E-state index in [4.69, 9.17) is 0 Å². The maximum atomic E-state index is 11.1. The van der Waals surface area contributed by atoms with Crippen molar-refractivity contribution in [1.29, 1.82) is 0 Å². The van der Waals surface area contributed by atoms with Gasteiger partial charge in [0.05, 0.1) is 11.5 Å². The summed E-state index contributed by atoms with van der Waals surface area (Å²) in [7, 11) is 0. The molecule has 1 aromatic rings. The standard InChI is InChI=1S/C12H14N4O3/c1-10(17)13-15-8-7-14(12(15)16(18)19)9-11-5-3-2-4-6-11/h2-8,12H,9H2,1H3,(H,13,17). The average molecular weight is 262 g/mol. The summed E-state index contributed by atoms with van der Waals surface area (Å²) in [5, 5.41) is 12.3. The third-order valence-corrected chi connectivity index (χ3v) is 2.65. The van der Waals surface area contributed by atoms with Crippen molar-refractivity contribution >= 4 is 5.91 Å². The Morgan fingerprint density at radius 3 is 2.63 bits per heavy atom. The number of benzene rings is 1. The summed E-state index contributed by atoms with van der Waals surface area (Å²) in [6.45, 7) is 1.71. The highest BCUT2D eigenvalue weighted by molar-refractivity contribution is 5.72. The van der Waals surface area contributed by atoms with Gasteiger partial charge in [0.15, 0.2) is 0 Å². The van der Waals surface area contributed by atoms with Gasteiger partial charge in [-0.1, -0.05) is 30.3 Å². The van der Waals surface area contributed by atoms with Crippen molar-refractivity contribution in [2.75, 3.05) is 0 Å². The number of rotatable bonds is 4. The molecule has 2 rings (SSSR count). The van der Waals surface area contributed by atoms with E-state index in [9.17, 15) is 14.9 Å². The minimum Gasteiger partial charge on any atom is -0.291 e. The Kier molecular flexibility index (Phi) is 3.65. The quantitative estimate of drug-likeness (QED) is 0.644.